The maximum Gasteiger partial charge on any atom is 0.278 e. The summed E-state index contributed by atoms with van der Waals surface area (Å²) in [6.07, 6.45) is 8.02. The van der Waals surface area contributed by atoms with Gasteiger partial charge in [-0.3, -0.25) is 15.1 Å². The van der Waals surface area contributed by atoms with Crippen LogP contribution in [0.5, 0.6) is 0 Å². The van der Waals surface area contributed by atoms with Gasteiger partial charge in [-0.25, -0.2) is 0 Å². The lowest BCUT2D eigenvalue weighted by atomic mass is 9.83. The number of rotatable bonds is 6. The van der Waals surface area contributed by atoms with Crippen molar-refractivity contribution in [3.63, 3.8) is 0 Å². The number of aromatic nitrogens is 1. The lowest BCUT2D eigenvalue weighted by Gasteiger charge is -2.27. The Labute approximate surface area is 126 Å². The molecular formula is C16H25N3O2. The SMILES string of the molecule is CCC1(CNCc2ncc(C)c([N+](=O)[O-])c2C)CCCC1. The van der Waals surface area contributed by atoms with E-state index in [1.54, 1.807) is 20.0 Å². The summed E-state index contributed by atoms with van der Waals surface area (Å²) in [5.74, 6) is 0. The first-order valence-corrected chi connectivity index (χ1v) is 7.79. The van der Waals surface area contributed by atoms with Crippen LogP contribution < -0.4 is 5.32 Å². The van der Waals surface area contributed by atoms with Crippen LogP contribution in [-0.4, -0.2) is 16.5 Å². The zero-order valence-electron chi connectivity index (χ0n) is 13.2. The number of nitrogens with zero attached hydrogens (tertiary/aromatic N) is 2. The van der Waals surface area contributed by atoms with Gasteiger partial charge < -0.3 is 5.32 Å². The van der Waals surface area contributed by atoms with E-state index in [-0.39, 0.29) is 10.6 Å². The van der Waals surface area contributed by atoms with Crippen LogP contribution in [0.3, 0.4) is 0 Å². The molecule has 1 N–H and O–H groups in total. The van der Waals surface area contributed by atoms with Crippen molar-refractivity contribution in [1.29, 1.82) is 0 Å². The molecule has 116 valence electrons. The Kier molecular flexibility index (Phi) is 4.93. The molecule has 0 saturated heterocycles. The monoisotopic (exact) mass is 291 g/mol. The average molecular weight is 291 g/mol. The molecule has 1 heterocycles. The Bertz CT molecular complexity index is 522. The van der Waals surface area contributed by atoms with Crippen molar-refractivity contribution >= 4 is 5.69 Å². The Morgan fingerprint density at radius 1 is 1.38 bits per heavy atom. The lowest BCUT2D eigenvalue weighted by molar-refractivity contribution is -0.386. The number of pyridine rings is 1. The van der Waals surface area contributed by atoms with Crippen LogP contribution in [0.15, 0.2) is 6.20 Å². The number of nitro groups is 1. The molecule has 1 fully saturated rings. The van der Waals surface area contributed by atoms with Crippen LogP contribution >= 0.6 is 0 Å². The van der Waals surface area contributed by atoms with Gasteiger partial charge in [0.25, 0.3) is 5.69 Å². The second-order valence-electron chi connectivity index (χ2n) is 6.28. The highest BCUT2D eigenvalue weighted by Crippen LogP contribution is 2.40. The summed E-state index contributed by atoms with van der Waals surface area (Å²) in [5.41, 5.74) is 2.72. The summed E-state index contributed by atoms with van der Waals surface area (Å²) in [5, 5.41) is 14.6. The molecule has 1 aromatic heterocycles. The van der Waals surface area contributed by atoms with Crippen molar-refractivity contribution in [3.05, 3.63) is 33.1 Å². The Balaban J connectivity index is 2.04. The molecule has 21 heavy (non-hydrogen) atoms. The van der Waals surface area contributed by atoms with Crippen molar-refractivity contribution in [1.82, 2.24) is 10.3 Å². The van der Waals surface area contributed by atoms with E-state index in [1.807, 2.05) is 0 Å². The van der Waals surface area contributed by atoms with Gasteiger partial charge in [0.2, 0.25) is 0 Å². The smallest absolute Gasteiger partial charge is 0.278 e. The van der Waals surface area contributed by atoms with Gasteiger partial charge in [-0.05, 0) is 38.5 Å². The fourth-order valence-corrected chi connectivity index (χ4v) is 3.45. The average Bonchev–Trinajstić information content (AvgIpc) is 2.90. The normalized spacial score (nSPS) is 17.1. The van der Waals surface area contributed by atoms with E-state index in [1.165, 1.54) is 32.1 Å². The summed E-state index contributed by atoms with van der Waals surface area (Å²) in [6.45, 7) is 7.37. The molecule has 0 radical (unpaired) electrons. The third kappa shape index (κ3) is 3.40. The van der Waals surface area contributed by atoms with E-state index < -0.39 is 0 Å². The van der Waals surface area contributed by atoms with E-state index in [0.29, 0.717) is 23.1 Å². The highest BCUT2D eigenvalue weighted by molar-refractivity contribution is 5.47. The molecule has 0 amide bonds. The Morgan fingerprint density at radius 3 is 2.62 bits per heavy atom. The highest BCUT2D eigenvalue weighted by atomic mass is 16.6. The number of hydrogen-bond donors (Lipinski definition) is 1. The predicted molar refractivity (Wildman–Crippen MR) is 83.3 cm³/mol. The van der Waals surface area contributed by atoms with Gasteiger partial charge in [0, 0.05) is 30.4 Å². The van der Waals surface area contributed by atoms with Gasteiger partial charge >= 0.3 is 0 Å². The Hall–Kier alpha value is -1.49. The zero-order valence-corrected chi connectivity index (χ0v) is 13.2. The number of nitrogens with one attached hydrogen (secondary N) is 1. The second-order valence-corrected chi connectivity index (χ2v) is 6.28. The van der Waals surface area contributed by atoms with Gasteiger partial charge in [0.15, 0.2) is 0 Å². The van der Waals surface area contributed by atoms with Crippen molar-refractivity contribution in [2.24, 2.45) is 5.41 Å². The second kappa shape index (κ2) is 6.52. The fourth-order valence-electron chi connectivity index (χ4n) is 3.45. The maximum absolute atomic E-state index is 11.1. The van der Waals surface area contributed by atoms with E-state index in [2.05, 4.69) is 17.2 Å². The molecule has 1 aliphatic carbocycles. The summed E-state index contributed by atoms with van der Waals surface area (Å²) in [6, 6.07) is 0. The van der Waals surface area contributed by atoms with Crippen LogP contribution in [0, 0.1) is 29.4 Å². The molecule has 0 aromatic carbocycles. The van der Waals surface area contributed by atoms with Crippen molar-refractivity contribution in [3.8, 4) is 0 Å². The molecule has 0 spiro atoms. The highest BCUT2D eigenvalue weighted by Gasteiger charge is 2.31. The van der Waals surface area contributed by atoms with E-state index in [0.717, 1.165) is 12.2 Å². The van der Waals surface area contributed by atoms with Gasteiger partial charge in [0.1, 0.15) is 0 Å². The van der Waals surface area contributed by atoms with E-state index >= 15 is 0 Å². The molecule has 0 atom stereocenters. The molecule has 0 bridgehead atoms. The Morgan fingerprint density at radius 2 is 2.05 bits per heavy atom. The minimum atomic E-state index is -0.305. The van der Waals surface area contributed by atoms with E-state index in [9.17, 15) is 10.1 Å². The molecule has 5 heteroatoms. The maximum atomic E-state index is 11.1. The van der Waals surface area contributed by atoms with Crippen LogP contribution in [0.25, 0.3) is 0 Å². The van der Waals surface area contributed by atoms with Crippen molar-refractivity contribution in [2.75, 3.05) is 6.54 Å². The molecule has 2 rings (SSSR count). The summed E-state index contributed by atoms with van der Waals surface area (Å²) >= 11 is 0. The van der Waals surface area contributed by atoms with Gasteiger partial charge in [0.05, 0.1) is 10.6 Å². The summed E-state index contributed by atoms with van der Waals surface area (Å²) in [7, 11) is 0. The minimum absolute atomic E-state index is 0.202. The van der Waals surface area contributed by atoms with Crippen LogP contribution in [0.2, 0.25) is 0 Å². The van der Waals surface area contributed by atoms with Gasteiger partial charge in [-0.2, -0.15) is 0 Å². The van der Waals surface area contributed by atoms with Crippen LogP contribution in [-0.2, 0) is 6.54 Å². The number of aryl methyl sites for hydroxylation is 1. The topological polar surface area (TPSA) is 68.1 Å². The summed E-state index contributed by atoms with van der Waals surface area (Å²) < 4.78 is 0. The molecule has 0 unspecified atom stereocenters. The molecule has 5 nitrogen and oxygen atoms in total. The summed E-state index contributed by atoms with van der Waals surface area (Å²) in [4.78, 5) is 15.2. The molecule has 1 saturated carbocycles. The van der Waals surface area contributed by atoms with Crippen molar-refractivity contribution < 1.29 is 4.92 Å². The van der Waals surface area contributed by atoms with Gasteiger partial charge in [-0.15, -0.1) is 0 Å². The first-order valence-electron chi connectivity index (χ1n) is 7.79. The largest absolute Gasteiger partial charge is 0.311 e. The molecule has 1 aliphatic rings. The molecular weight excluding hydrogens is 266 g/mol. The standard InChI is InChI=1S/C16H25N3O2/c1-4-16(7-5-6-8-16)11-17-10-14-13(3)15(19(20)21)12(2)9-18-14/h9,17H,4-8,10-11H2,1-3H3. The van der Waals surface area contributed by atoms with Crippen molar-refractivity contribution in [2.45, 2.75) is 59.4 Å². The molecule has 0 aliphatic heterocycles. The van der Waals surface area contributed by atoms with E-state index in [4.69, 9.17) is 0 Å². The van der Waals surface area contributed by atoms with Crippen LogP contribution in [0.4, 0.5) is 5.69 Å². The fraction of sp³-hybridized carbons (Fsp3) is 0.688. The van der Waals surface area contributed by atoms with Crippen LogP contribution in [0.1, 0.15) is 55.8 Å². The minimum Gasteiger partial charge on any atom is -0.311 e. The third-order valence-electron chi connectivity index (χ3n) is 4.96. The number of hydrogen-bond acceptors (Lipinski definition) is 4. The lowest BCUT2D eigenvalue weighted by Crippen LogP contribution is -2.31. The van der Waals surface area contributed by atoms with Gasteiger partial charge in [-0.1, -0.05) is 19.8 Å². The quantitative estimate of drug-likeness (QED) is 0.641. The zero-order chi connectivity index (χ0) is 15.5. The predicted octanol–water partition coefficient (Wildman–Crippen LogP) is 3.67. The third-order valence-corrected chi connectivity index (χ3v) is 4.96. The first kappa shape index (κ1) is 15.9. The molecule has 1 aromatic rings. The first-order chi connectivity index (χ1) is 9.99.